The number of hydrogen-bond donors (Lipinski definition) is 0. The minimum atomic E-state index is -0.389. The van der Waals surface area contributed by atoms with Gasteiger partial charge in [-0.05, 0) is 60.4 Å². The van der Waals surface area contributed by atoms with Gasteiger partial charge in [0.25, 0.3) is 5.91 Å². The van der Waals surface area contributed by atoms with E-state index < -0.39 is 0 Å². The highest BCUT2D eigenvalue weighted by atomic mass is 19.1. The third-order valence-electron chi connectivity index (χ3n) is 6.73. The summed E-state index contributed by atoms with van der Waals surface area (Å²) >= 11 is 0. The number of aryl methyl sites for hydroxylation is 1. The molecule has 206 valence electrons. The first-order chi connectivity index (χ1) is 19.4. The van der Waals surface area contributed by atoms with Crippen molar-refractivity contribution in [1.82, 2.24) is 9.80 Å². The summed E-state index contributed by atoms with van der Waals surface area (Å²) < 4.78 is 19.2. The van der Waals surface area contributed by atoms with Crippen LogP contribution in [0.5, 0.6) is 0 Å². The van der Waals surface area contributed by atoms with Crippen molar-refractivity contribution in [2.45, 2.75) is 39.3 Å². The maximum atomic E-state index is 13.7. The Morgan fingerprint density at radius 3 is 2.33 bits per heavy atom. The van der Waals surface area contributed by atoms with E-state index in [1.807, 2.05) is 12.1 Å². The van der Waals surface area contributed by atoms with Gasteiger partial charge in [-0.3, -0.25) is 14.4 Å². The molecule has 0 saturated heterocycles. The number of rotatable bonds is 12. The zero-order valence-corrected chi connectivity index (χ0v) is 22.6. The van der Waals surface area contributed by atoms with E-state index in [0.717, 1.165) is 24.8 Å². The van der Waals surface area contributed by atoms with Crippen LogP contribution in [-0.2, 0) is 24.3 Å². The zero-order chi connectivity index (χ0) is 28.5. The summed E-state index contributed by atoms with van der Waals surface area (Å²) in [6.07, 6.45) is 6.04. The predicted molar refractivity (Wildman–Crippen MR) is 154 cm³/mol. The summed E-state index contributed by atoms with van der Waals surface area (Å²) in [5.74, 6) is -1.05. The molecule has 0 fully saturated rings. The lowest BCUT2D eigenvalue weighted by Gasteiger charge is -2.27. The van der Waals surface area contributed by atoms with Crippen LogP contribution >= 0.6 is 0 Å². The van der Waals surface area contributed by atoms with Gasteiger partial charge in [0.15, 0.2) is 5.43 Å². The van der Waals surface area contributed by atoms with Crippen LogP contribution < -0.4 is 5.43 Å². The van der Waals surface area contributed by atoms with E-state index in [-0.39, 0.29) is 49.2 Å². The lowest BCUT2D eigenvalue weighted by molar-refractivity contribution is -0.133. The smallest absolute Gasteiger partial charge is 0.254 e. The van der Waals surface area contributed by atoms with Gasteiger partial charge >= 0.3 is 0 Å². The van der Waals surface area contributed by atoms with Gasteiger partial charge in [0, 0.05) is 18.7 Å². The Hall–Kier alpha value is -4.52. The second-order valence-corrected chi connectivity index (χ2v) is 9.74. The number of para-hydroxylation sites is 1. The Balaban J connectivity index is 1.58. The van der Waals surface area contributed by atoms with Crippen molar-refractivity contribution < 1.29 is 18.4 Å². The molecule has 1 heterocycles. The van der Waals surface area contributed by atoms with Crippen molar-refractivity contribution in [3.05, 3.63) is 130 Å². The van der Waals surface area contributed by atoms with Crippen LogP contribution in [0.1, 0.15) is 46.8 Å². The van der Waals surface area contributed by atoms with Gasteiger partial charge in [-0.15, -0.1) is 6.58 Å². The van der Waals surface area contributed by atoms with Gasteiger partial charge in [-0.1, -0.05) is 55.8 Å². The minimum Gasteiger partial charge on any atom is -0.464 e. The van der Waals surface area contributed by atoms with Crippen molar-refractivity contribution in [2.24, 2.45) is 0 Å². The van der Waals surface area contributed by atoms with Crippen LogP contribution in [0.3, 0.4) is 0 Å². The molecular formula is C33H33FN2O4. The molecule has 0 radical (unpaired) electrons. The van der Waals surface area contributed by atoms with Gasteiger partial charge in [-0.2, -0.15) is 0 Å². The molecule has 0 atom stereocenters. The summed E-state index contributed by atoms with van der Waals surface area (Å²) in [6, 6.07) is 20.2. The second kappa shape index (κ2) is 13.5. The van der Waals surface area contributed by atoms with Gasteiger partial charge in [0.2, 0.25) is 5.91 Å². The minimum absolute atomic E-state index is 0.0361. The summed E-state index contributed by atoms with van der Waals surface area (Å²) in [6.45, 7) is 5.92. The molecule has 0 spiro atoms. The largest absolute Gasteiger partial charge is 0.464 e. The lowest BCUT2D eigenvalue weighted by Crippen LogP contribution is -2.43. The quantitative estimate of drug-likeness (QED) is 0.203. The van der Waals surface area contributed by atoms with E-state index in [1.54, 1.807) is 54.6 Å². The first kappa shape index (κ1) is 28.5. The van der Waals surface area contributed by atoms with Crippen LogP contribution in [0.15, 0.2) is 101 Å². The maximum absolute atomic E-state index is 13.7. The molecule has 3 aromatic carbocycles. The number of benzene rings is 3. The van der Waals surface area contributed by atoms with Gasteiger partial charge < -0.3 is 14.2 Å². The molecule has 6 nitrogen and oxygen atoms in total. The molecule has 4 rings (SSSR count). The normalized spacial score (nSPS) is 10.8. The highest BCUT2D eigenvalue weighted by molar-refractivity contribution is 5.96. The molecule has 0 bridgehead atoms. The number of hydrogen-bond acceptors (Lipinski definition) is 4. The monoisotopic (exact) mass is 540 g/mol. The molecular weight excluding hydrogens is 507 g/mol. The van der Waals surface area contributed by atoms with E-state index in [9.17, 15) is 18.8 Å². The molecule has 0 aliphatic heterocycles. The van der Waals surface area contributed by atoms with Crippen molar-refractivity contribution in [3.8, 4) is 0 Å². The fourth-order valence-corrected chi connectivity index (χ4v) is 4.49. The fourth-order valence-electron chi connectivity index (χ4n) is 4.49. The van der Waals surface area contributed by atoms with Gasteiger partial charge in [-0.25, -0.2) is 4.39 Å². The second-order valence-electron chi connectivity index (χ2n) is 9.74. The number of nitrogens with zero attached hydrogens (tertiary/aromatic N) is 2. The molecule has 4 aromatic rings. The Morgan fingerprint density at radius 2 is 1.62 bits per heavy atom. The Morgan fingerprint density at radius 1 is 0.925 bits per heavy atom. The summed E-state index contributed by atoms with van der Waals surface area (Å²) in [5, 5.41) is 0.417. The van der Waals surface area contributed by atoms with Crippen molar-refractivity contribution in [2.75, 3.05) is 13.1 Å². The van der Waals surface area contributed by atoms with E-state index >= 15 is 0 Å². The van der Waals surface area contributed by atoms with E-state index in [0.29, 0.717) is 27.7 Å². The highest BCUT2D eigenvalue weighted by Gasteiger charge is 2.23. The number of halogens is 1. The molecule has 0 saturated carbocycles. The Kier molecular flexibility index (Phi) is 9.62. The highest BCUT2D eigenvalue weighted by Crippen LogP contribution is 2.16. The fraction of sp³-hybridized carbons (Fsp3) is 0.242. The summed E-state index contributed by atoms with van der Waals surface area (Å²) in [7, 11) is 0. The molecule has 1 aromatic heterocycles. The molecule has 40 heavy (non-hydrogen) atoms. The predicted octanol–water partition coefficient (Wildman–Crippen LogP) is 6.13. The Bertz CT molecular complexity index is 1530. The van der Waals surface area contributed by atoms with E-state index in [2.05, 4.69) is 13.5 Å². The summed E-state index contributed by atoms with van der Waals surface area (Å²) in [4.78, 5) is 43.1. The molecule has 0 aliphatic rings. The first-order valence-electron chi connectivity index (χ1n) is 13.4. The van der Waals surface area contributed by atoms with Crippen LogP contribution in [-0.4, -0.2) is 34.7 Å². The number of carbonyl (C=O) groups is 2. The average molecular weight is 541 g/mol. The third kappa shape index (κ3) is 7.11. The van der Waals surface area contributed by atoms with Crippen LogP contribution in [0.25, 0.3) is 11.0 Å². The van der Waals surface area contributed by atoms with Gasteiger partial charge in [0.05, 0.1) is 23.8 Å². The third-order valence-corrected chi connectivity index (χ3v) is 6.73. The average Bonchev–Trinajstić information content (AvgIpc) is 2.98. The standard InChI is InChI=1S/C33H33FN2O4/c1-3-5-8-24-11-15-26(16-12-24)33(39)35(19-4-2)22-31(37)36(20-25-13-17-28(34)18-14-25)21-27-23-40-30-10-7-6-9-29(30)32(27)38/h4,6-7,9-18,23H,2-3,5,8,19-22H2,1H3. The molecule has 0 N–H and O–H groups in total. The van der Waals surface area contributed by atoms with E-state index in [1.165, 1.54) is 28.2 Å². The number of carbonyl (C=O) groups excluding carboxylic acids is 2. The maximum Gasteiger partial charge on any atom is 0.254 e. The van der Waals surface area contributed by atoms with Crippen LogP contribution in [0.4, 0.5) is 4.39 Å². The molecule has 2 amide bonds. The summed E-state index contributed by atoms with van der Waals surface area (Å²) in [5.41, 5.74) is 2.85. The lowest BCUT2D eigenvalue weighted by atomic mass is 10.1. The topological polar surface area (TPSA) is 70.8 Å². The van der Waals surface area contributed by atoms with Crippen molar-refractivity contribution in [3.63, 3.8) is 0 Å². The van der Waals surface area contributed by atoms with Crippen molar-refractivity contribution >= 4 is 22.8 Å². The first-order valence-corrected chi connectivity index (χ1v) is 13.4. The SMILES string of the molecule is C=CCN(CC(=O)N(Cc1ccc(F)cc1)Cc1coc2ccccc2c1=O)C(=O)c1ccc(CCCC)cc1. The van der Waals surface area contributed by atoms with Crippen LogP contribution in [0.2, 0.25) is 0 Å². The molecule has 0 aliphatic carbocycles. The molecule has 0 unspecified atom stereocenters. The zero-order valence-electron chi connectivity index (χ0n) is 22.6. The number of fused-ring (bicyclic) bond motifs is 1. The van der Waals surface area contributed by atoms with Crippen molar-refractivity contribution in [1.29, 1.82) is 0 Å². The van der Waals surface area contributed by atoms with Crippen LogP contribution in [0, 0.1) is 5.82 Å². The van der Waals surface area contributed by atoms with E-state index in [4.69, 9.17) is 4.42 Å². The Labute approximate surface area is 233 Å². The number of unbranched alkanes of at least 4 members (excludes halogenated alkanes) is 1. The number of amides is 2. The van der Waals surface area contributed by atoms with Gasteiger partial charge in [0.1, 0.15) is 17.9 Å². The molecule has 7 heteroatoms.